The molecule has 2 aromatic heterocycles. The van der Waals surface area contributed by atoms with Gasteiger partial charge in [0.05, 0.1) is 18.2 Å². The van der Waals surface area contributed by atoms with Crippen molar-refractivity contribution >= 4 is 10.9 Å². The molecular formula is C23H30N6O2. The van der Waals surface area contributed by atoms with Crippen LogP contribution in [0, 0.1) is 13.8 Å². The van der Waals surface area contributed by atoms with Crippen molar-refractivity contribution in [1.82, 2.24) is 30.1 Å². The second kappa shape index (κ2) is 8.51. The van der Waals surface area contributed by atoms with Crippen molar-refractivity contribution < 1.29 is 4.74 Å². The normalized spacial score (nSPS) is 21.0. The van der Waals surface area contributed by atoms with Gasteiger partial charge >= 0.3 is 0 Å². The Bertz CT molecular complexity index is 1120. The lowest BCUT2D eigenvalue weighted by atomic mass is 9.98. The molecule has 0 aliphatic carbocycles. The number of nitrogens with zero attached hydrogens (tertiary/aromatic N) is 5. The molecule has 8 heteroatoms. The minimum Gasteiger partial charge on any atom is -0.376 e. The molecule has 1 N–H and O–H groups in total. The molecule has 0 saturated carbocycles. The third-order valence-electron chi connectivity index (χ3n) is 6.73. The van der Waals surface area contributed by atoms with Gasteiger partial charge in [-0.25, -0.2) is 4.68 Å². The van der Waals surface area contributed by atoms with Gasteiger partial charge in [0.1, 0.15) is 6.04 Å². The molecule has 31 heavy (non-hydrogen) atoms. The summed E-state index contributed by atoms with van der Waals surface area (Å²) in [4.78, 5) is 18.9. The molecular weight excluding hydrogens is 392 g/mol. The predicted molar refractivity (Wildman–Crippen MR) is 118 cm³/mol. The minimum atomic E-state index is -0.273. The number of piperidine rings is 1. The lowest BCUT2D eigenvalue weighted by Crippen LogP contribution is -2.39. The number of likely N-dealkylation sites (tertiary alicyclic amines) is 1. The van der Waals surface area contributed by atoms with Crippen LogP contribution in [0.1, 0.15) is 60.7 Å². The number of nitrogens with one attached hydrogen (secondary N) is 1. The first-order chi connectivity index (χ1) is 15.1. The summed E-state index contributed by atoms with van der Waals surface area (Å²) in [5.41, 5.74) is 3.77. The van der Waals surface area contributed by atoms with Gasteiger partial charge in [0.25, 0.3) is 5.56 Å². The van der Waals surface area contributed by atoms with Gasteiger partial charge < -0.3 is 9.72 Å². The number of pyridine rings is 1. The van der Waals surface area contributed by atoms with E-state index < -0.39 is 0 Å². The van der Waals surface area contributed by atoms with Crippen LogP contribution in [0.2, 0.25) is 0 Å². The highest BCUT2D eigenvalue weighted by Crippen LogP contribution is 2.31. The van der Waals surface area contributed by atoms with Gasteiger partial charge in [-0.3, -0.25) is 9.69 Å². The fourth-order valence-corrected chi connectivity index (χ4v) is 4.99. The van der Waals surface area contributed by atoms with Gasteiger partial charge in [0, 0.05) is 17.6 Å². The summed E-state index contributed by atoms with van der Waals surface area (Å²) in [6, 6.07) is 5.94. The minimum absolute atomic E-state index is 0.0663. The number of aromatic nitrogens is 5. The topological polar surface area (TPSA) is 88.9 Å². The van der Waals surface area contributed by atoms with Crippen LogP contribution in [-0.2, 0) is 11.3 Å². The summed E-state index contributed by atoms with van der Waals surface area (Å²) in [6.45, 7) is 7.39. The smallest absolute Gasteiger partial charge is 0.253 e. The first-order valence-electron chi connectivity index (χ1n) is 11.4. The van der Waals surface area contributed by atoms with E-state index in [-0.39, 0.29) is 17.7 Å². The van der Waals surface area contributed by atoms with Crippen LogP contribution in [0.25, 0.3) is 10.9 Å². The molecule has 3 aromatic rings. The fraction of sp³-hybridized carbons (Fsp3) is 0.565. The molecule has 2 aliphatic heterocycles. The molecule has 8 nitrogen and oxygen atoms in total. The average Bonchev–Trinajstić information content (AvgIpc) is 3.46. The molecule has 0 amide bonds. The fourth-order valence-electron chi connectivity index (χ4n) is 4.99. The Kier molecular flexibility index (Phi) is 5.58. The van der Waals surface area contributed by atoms with Crippen LogP contribution in [0.15, 0.2) is 23.0 Å². The van der Waals surface area contributed by atoms with E-state index in [0.29, 0.717) is 12.1 Å². The van der Waals surface area contributed by atoms with Gasteiger partial charge in [-0.15, -0.1) is 5.10 Å². The van der Waals surface area contributed by atoms with Crippen molar-refractivity contribution in [2.75, 3.05) is 19.7 Å². The summed E-state index contributed by atoms with van der Waals surface area (Å²) < 4.78 is 7.67. The van der Waals surface area contributed by atoms with Crippen molar-refractivity contribution in [2.45, 2.75) is 64.6 Å². The van der Waals surface area contributed by atoms with Crippen LogP contribution in [0.5, 0.6) is 0 Å². The van der Waals surface area contributed by atoms with Crippen LogP contribution in [-0.4, -0.2) is 55.9 Å². The summed E-state index contributed by atoms with van der Waals surface area (Å²) in [6.07, 6.45) is 5.67. The number of hydrogen-bond donors (Lipinski definition) is 1. The molecule has 2 aliphatic rings. The third-order valence-corrected chi connectivity index (χ3v) is 6.73. The number of tetrazole rings is 1. The Morgan fingerprint density at radius 1 is 1.16 bits per heavy atom. The second-order valence-electron chi connectivity index (χ2n) is 8.90. The Hall–Kier alpha value is -2.58. The van der Waals surface area contributed by atoms with E-state index in [2.05, 4.69) is 50.5 Å². The maximum Gasteiger partial charge on any atom is 0.253 e. The number of H-pyrrole nitrogens is 1. The molecule has 2 fully saturated rings. The van der Waals surface area contributed by atoms with Crippen molar-refractivity contribution in [2.24, 2.45) is 0 Å². The highest BCUT2D eigenvalue weighted by atomic mass is 16.5. The lowest BCUT2D eigenvalue weighted by Gasteiger charge is -2.33. The summed E-state index contributed by atoms with van der Waals surface area (Å²) >= 11 is 0. The van der Waals surface area contributed by atoms with E-state index in [9.17, 15) is 4.79 Å². The molecule has 0 radical (unpaired) electrons. The van der Waals surface area contributed by atoms with Crippen LogP contribution in [0.4, 0.5) is 0 Å². The lowest BCUT2D eigenvalue weighted by molar-refractivity contribution is 0.0902. The molecule has 0 spiro atoms. The maximum atomic E-state index is 13.3. The first kappa shape index (κ1) is 20.3. The first-order valence-corrected chi connectivity index (χ1v) is 11.4. The van der Waals surface area contributed by atoms with E-state index in [1.165, 1.54) is 6.42 Å². The number of rotatable bonds is 5. The standard InChI is InChI=1S/C23H30N6O2/c1-15-8-9-16(2)20-18(15)13-19(23(30)24-20)21(28-10-4-3-5-11-28)22-25-26-27-29(22)14-17-7-6-12-31-17/h8-9,13,17,21H,3-7,10-12,14H2,1-2H3,(H,24,30)/t17-,21+/m0/s1. The van der Waals surface area contributed by atoms with Crippen LogP contribution in [0.3, 0.4) is 0 Å². The van der Waals surface area contributed by atoms with Gasteiger partial charge in [-0.1, -0.05) is 18.6 Å². The molecule has 2 atom stereocenters. The average molecular weight is 423 g/mol. The van der Waals surface area contributed by atoms with Gasteiger partial charge in [0.2, 0.25) is 0 Å². The number of hydrogen-bond acceptors (Lipinski definition) is 6. The molecule has 0 unspecified atom stereocenters. The Labute approximate surface area is 181 Å². The van der Waals surface area contributed by atoms with Crippen molar-refractivity contribution in [3.05, 3.63) is 51.1 Å². The monoisotopic (exact) mass is 422 g/mol. The SMILES string of the molecule is Cc1ccc(C)c2[nH]c(=O)c([C@H](c3nnnn3C[C@@H]3CCCO3)N3CCCCC3)cc12. The van der Waals surface area contributed by atoms with Crippen molar-refractivity contribution in [1.29, 1.82) is 0 Å². The zero-order valence-electron chi connectivity index (χ0n) is 18.3. The molecule has 5 rings (SSSR count). The van der Waals surface area contributed by atoms with Crippen LogP contribution < -0.4 is 5.56 Å². The largest absolute Gasteiger partial charge is 0.376 e. The van der Waals surface area contributed by atoms with E-state index >= 15 is 0 Å². The van der Waals surface area contributed by atoms with E-state index in [1.807, 2.05) is 11.6 Å². The number of fused-ring (bicyclic) bond motifs is 1. The number of aromatic amines is 1. The molecule has 2 saturated heterocycles. The molecule has 4 heterocycles. The number of aryl methyl sites for hydroxylation is 2. The van der Waals surface area contributed by atoms with Gasteiger partial charge in [-0.2, -0.15) is 0 Å². The second-order valence-corrected chi connectivity index (χ2v) is 8.90. The van der Waals surface area contributed by atoms with Crippen molar-refractivity contribution in [3.8, 4) is 0 Å². The molecule has 164 valence electrons. The Balaban J connectivity index is 1.63. The number of ether oxygens (including phenoxy) is 1. The summed E-state index contributed by atoms with van der Waals surface area (Å²) in [5, 5.41) is 13.8. The Morgan fingerprint density at radius 3 is 2.74 bits per heavy atom. The maximum absolute atomic E-state index is 13.3. The zero-order valence-corrected chi connectivity index (χ0v) is 18.3. The molecule has 0 bridgehead atoms. The molecule has 1 aromatic carbocycles. The predicted octanol–water partition coefficient (Wildman–Crippen LogP) is 2.89. The van der Waals surface area contributed by atoms with E-state index in [1.54, 1.807) is 0 Å². The van der Waals surface area contributed by atoms with E-state index in [0.717, 1.165) is 73.2 Å². The third kappa shape index (κ3) is 3.90. The summed E-state index contributed by atoms with van der Waals surface area (Å²) in [7, 11) is 0. The highest BCUT2D eigenvalue weighted by Gasteiger charge is 2.32. The zero-order chi connectivity index (χ0) is 21.4. The number of benzene rings is 1. The van der Waals surface area contributed by atoms with Gasteiger partial charge in [0.15, 0.2) is 5.82 Å². The highest BCUT2D eigenvalue weighted by molar-refractivity contribution is 5.85. The van der Waals surface area contributed by atoms with E-state index in [4.69, 9.17) is 4.74 Å². The van der Waals surface area contributed by atoms with Crippen LogP contribution >= 0.6 is 0 Å². The quantitative estimate of drug-likeness (QED) is 0.680. The summed E-state index contributed by atoms with van der Waals surface area (Å²) in [5.74, 6) is 0.729. The van der Waals surface area contributed by atoms with Crippen molar-refractivity contribution in [3.63, 3.8) is 0 Å². The van der Waals surface area contributed by atoms with Gasteiger partial charge in [-0.05, 0) is 80.2 Å². The Morgan fingerprint density at radius 2 is 1.97 bits per heavy atom.